The highest BCUT2D eigenvalue weighted by Crippen LogP contribution is 2.49. The minimum atomic E-state index is -0.589. The fourth-order valence-corrected chi connectivity index (χ4v) is 3.02. The van der Waals surface area contributed by atoms with Crippen LogP contribution in [0.5, 0.6) is 34.5 Å². The first-order valence-corrected chi connectivity index (χ1v) is 8.24. The molecule has 2 aromatic rings. The predicted octanol–water partition coefficient (Wildman–Crippen LogP) is 1.52. The van der Waals surface area contributed by atoms with E-state index in [-0.39, 0.29) is 25.4 Å². The third-order valence-electron chi connectivity index (χ3n) is 4.66. The fourth-order valence-electron chi connectivity index (χ4n) is 3.02. The molecule has 0 spiro atoms. The summed E-state index contributed by atoms with van der Waals surface area (Å²) in [6.07, 6.45) is -1.48. The molecule has 144 valence electrons. The van der Waals surface area contributed by atoms with Gasteiger partial charge in [0.25, 0.3) is 0 Å². The van der Waals surface area contributed by atoms with E-state index in [0.717, 1.165) is 0 Å². The number of ether oxygens (including phenoxy) is 3. The summed E-state index contributed by atoms with van der Waals surface area (Å²) in [5.74, 6) is -2.84. The zero-order chi connectivity index (χ0) is 19.3. The van der Waals surface area contributed by atoms with Crippen molar-refractivity contribution in [2.45, 2.75) is 24.4 Å². The molecule has 9 heteroatoms. The number of benzene rings is 2. The molecule has 4 atom stereocenters. The van der Waals surface area contributed by atoms with Crippen LogP contribution in [0, 0.1) is 0 Å². The average Bonchev–Trinajstić information content (AvgIpc) is 3.55. The molecule has 2 aliphatic rings. The van der Waals surface area contributed by atoms with Gasteiger partial charge in [0, 0.05) is 11.1 Å². The van der Waals surface area contributed by atoms with Crippen LogP contribution in [0.3, 0.4) is 0 Å². The van der Waals surface area contributed by atoms with Crippen molar-refractivity contribution in [3.63, 3.8) is 0 Å². The van der Waals surface area contributed by atoms with E-state index in [2.05, 4.69) is 0 Å². The number of hydrogen-bond donors (Lipinski definition) is 6. The molecule has 2 saturated heterocycles. The van der Waals surface area contributed by atoms with Gasteiger partial charge in [-0.3, -0.25) is 0 Å². The monoisotopic (exact) mass is 378 g/mol. The van der Waals surface area contributed by atoms with Crippen LogP contribution in [-0.4, -0.2) is 56.1 Å². The summed E-state index contributed by atoms with van der Waals surface area (Å²) in [6.45, 7) is 0.455. The molecule has 2 fully saturated rings. The summed E-state index contributed by atoms with van der Waals surface area (Å²) in [4.78, 5) is 0. The molecule has 0 aliphatic carbocycles. The summed E-state index contributed by atoms with van der Waals surface area (Å²) < 4.78 is 16.4. The number of phenolic OH excluding ortho intramolecular Hbond substituents is 6. The molecule has 0 amide bonds. The standard InChI is InChI=1S/C18H18O9/c19-9-3-1-7(13(21)15(9)23)17-11(26-17)5-25-6-12-18(27-12)8-2-4-10(20)16(24)14(8)22/h1-4,11-12,17-24H,5-6H2. The van der Waals surface area contributed by atoms with Crippen molar-refractivity contribution in [2.75, 3.05) is 13.2 Å². The third-order valence-corrected chi connectivity index (χ3v) is 4.66. The first kappa shape index (κ1) is 17.5. The molecule has 2 aromatic carbocycles. The fraction of sp³-hybridized carbons (Fsp3) is 0.333. The Morgan fingerprint density at radius 1 is 0.630 bits per heavy atom. The molecule has 0 bridgehead atoms. The molecule has 2 aliphatic heterocycles. The van der Waals surface area contributed by atoms with Gasteiger partial charge < -0.3 is 44.8 Å². The van der Waals surface area contributed by atoms with Gasteiger partial charge in [0.1, 0.15) is 24.4 Å². The van der Waals surface area contributed by atoms with Crippen molar-refractivity contribution >= 4 is 0 Å². The van der Waals surface area contributed by atoms with Crippen LogP contribution in [0.25, 0.3) is 0 Å². The van der Waals surface area contributed by atoms with E-state index < -0.39 is 46.7 Å². The van der Waals surface area contributed by atoms with Gasteiger partial charge in [0.05, 0.1) is 13.2 Å². The van der Waals surface area contributed by atoms with Crippen LogP contribution >= 0.6 is 0 Å². The van der Waals surface area contributed by atoms with Crippen LogP contribution in [-0.2, 0) is 14.2 Å². The lowest BCUT2D eigenvalue weighted by Crippen LogP contribution is -2.08. The minimum Gasteiger partial charge on any atom is -0.504 e. The quantitative estimate of drug-likeness (QED) is 0.324. The second-order valence-corrected chi connectivity index (χ2v) is 6.47. The third kappa shape index (κ3) is 3.16. The van der Waals surface area contributed by atoms with E-state index in [4.69, 9.17) is 14.2 Å². The number of epoxide rings is 2. The summed E-state index contributed by atoms with van der Waals surface area (Å²) >= 11 is 0. The molecule has 0 aromatic heterocycles. The molecular formula is C18H18O9. The molecule has 6 N–H and O–H groups in total. The predicted molar refractivity (Wildman–Crippen MR) is 88.9 cm³/mol. The number of rotatable bonds is 6. The second-order valence-electron chi connectivity index (χ2n) is 6.47. The van der Waals surface area contributed by atoms with Gasteiger partial charge in [-0.1, -0.05) is 0 Å². The molecule has 9 nitrogen and oxygen atoms in total. The van der Waals surface area contributed by atoms with Gasteiger partial charge in [-0.15, -0.1) is 0 Å². The molecule has 4 rings (SSSR count). The van der Waals surface area contributed by atoms with Gasteiger partial charge in [-0.2, -0.15) is 0 Å². The van der Waals surface area contributed by atoms with Gasteiger partial charge in [-0.25, -0.2) is 0 Å². The highest BCUT2D eigenvalue weighted by Gasteiger charge is 2.45. The van der Waals surface area contributed by atoms with Crippen LogP contribution < -0.4 is 0 Å². The van der Waals surface area contributed by atoms with Crippen molar-refractivity contribution < 1.29 is 44.8 Å². The van der Waals surface area contributed by atoms with Crippen molar-refractivity contribution in [3.8, 4) is 34.5 Å². The number of phenols is 6. The Morgan fingerprint density at radius 2 is 1.04 bits per heavy atom. The Hall–Kier alpha value is -2.88. The smallest absolute Gasteiger partial charge is 0.200 e. The lowest BCUT2D eigenvalue weighted by Gasteiger charge is -2.06. The van der Waals surface area contributed by atoms with E-state index in [9.17, 15) is 30.6 Å². The normalized spacial score (nSPS) is 26.1. The molecule has 0 saturated carbocycles. The molecule has 2 heterocycles. The van der Waals surface area contributed by atoms with E-state index in [1.807, 2.05) is 0 Å². The van der Waals surface area contributed by atoms with Gasteiger partial charge in [0.15, 0.2) is 23.0 Å². The summed E-state index contributed by atoms with van der Waals surface area (Å²) in [5.41, 5.74) is 0.730. The maximum atomic E-state index is 9.85. The zero-order valence-corrected chi connectivity index (χ0v) is 13.9. The van der Waals surface area contributed by atoms with Gasteiger partial charge >= 0.3 is 0 Å². The Labute approximate surface area is 153 Å². The number of hydrogen-bond acceptors (Lipinski definition) is 9. The Bertz CT molecular complexity index is 810. The van der Waals surface area contributed by atoms with Crippen LogP contribution in [0.4, 0.5) is 0 Å². The number of aromatic hydroxyl groups is 6. The highest BCUT2D eigenvalue weighted by molar-refractivity contribution is 5.55. The summed E-state index contributed by atoms with van der Waals surface area (Å²) in [5, 5.41) is 57.5. The SMILES string of the molecule is Oc1ccc(C2OC2COCC2OC2c2ccc(O)c(O)c2O)c(O)c1O. The summed E-state index contributed by atoms with van der Waals surface area (Å²) in [6, 6.07) is 5.47. The van der Waals surface area contributed by atoms with Crippen LogP contribution in [0.2, 0.25) is 0 Å². The van der Waals surface area contributed by atoms with E-state index >= 15 is 0 Å². The van der Waals surface area contributed by atoms with E-state index in [1.165, 1.54) is 24.3 Å². The Morgan fingerprint density at radius 3 is 1.44 bits per heavy atom. The maximum absolute atomic E-state index is 9.85. The molecule has 27 heavy (non-hydrogen) atoms. The van der Waals surface area contributed by atoms with E-state index in [1.54, 1.807) is 0 Å². The first-order valence-electron chi connectivity index (χ1n) is 8.24. The minimum absolute atomic E-state index is 0.227. The molecule has 0 radical (unpaired) electrons. The Kier molecular flexibility index (Phi) is 4.14. The van der Waals surface area contributed by atoms with Crippen molar-refractivity contribution in [1.82, 2.24) is 0 Å². The highest BCUT2D eigenvalue weighted by atomic mass is 16.6. The zero-order valence-electron chi connectivity index (χ0n) is 13.9. The Balaban J connectivity index is 1.27. The van der Waals surface area contributed by atoms with Crippen molar-refractivity contribution in [3.05, 3.63) is 35.4 Å². The second kappa shape index (κ2) is 6.38. The van der Waals surface area contributed by atoms with Gasteiger partial charge in [0.2, 0.25) is 11.5 Å². The first-order chi connectivity index (χ1) is 12.9. The molecule has 4 unspecified atom stereocenters. The lowest BCUT2D eigenvalue weighted by atomic mass is 10.1. The van der Waals surface area contributed by atoms with Crippen LogP contribution in [0.15, 0.2) is 24.3 Å². The van der Waals surface area contributed by atoms with Crippen molar-refractivity contribution in [1.29, 1.82) is 0 Å². The largest absolute Gasteiger partial charge is 0.504 e. The van der Waals surface area contributed by atoms with Crippen molar-refractivity contribution in [2.24, 2.45) is 0 Å². The van der Waals surface area contributed by atoms with Crippen LogP contribution in [0.1, 0.15) is 23.3 Å². The van der Waals surface area contributed by atoms with E-state index in [0.29, 0.717) is 11.1 Å². The molecular weight excluding hydrogens is 360 g/mol. The average molecular weight is 378 g/mol. The topological polar surface area (TPSA) is 156 Å². The lowest BCUT2D eigenvalue weighted by molar-refractivity contribution is 0.102. The maximum Gasteiger partial charge on any atom is 0.200 e. The van der Waals surface area contributed by atoms with Gasteiger partial charge in [-0.05, 0) is 24.3 Å². The summed E-state index contributed by atoms with van der Waals surface area (Å²) in [7, 11) is 0.